The number of aromatic amines is 1. The molecular weight excluding hydrogens is 294 g/mol. The second kappa shape index (κ2) is 5.79. The van der Waals surface area contributed by atoms with Crippen LogP contribution in [0, 0.1) is 5.92 Å². The summed E-state index contributed by atoms with van der Waals surface area (Å²) in [6.45, 7) is 4.11. The highest BCUT2D eigenvalue weighted by Gasteiger charge is 2.21. The van der Waals surface area contributed by atoms with Crippen molar-refractivity contribution in [1.29, 1.82) is 0 Å². The second-order valence-corrected chi connectivity index (χ2v) is 6.35. The summed E-state index contributed by atoms with van der Waals surface area (Å²) in [5.74, 6) is 0.437. The molecule has 0 aliphatic heterocycles. The minimum absolute atomic E-state index is 0.0993. The molecule has 0 radical (unpaired) electrons. The Morgan fingerprint density at radius 3 is 2.69 bits per heavy atom. The Bertz CT molecular complexity index is 402. The first kappa shape index (κ1) is 13.7. The van der Waals surface area contributed by atoms with Gasteiger partial charge in [-0.1, -0.05) is 29.8 Å². The number of hydrogen-bond acceptors (Lipinski definition) is 3. The maximum atomic E-state index is 11.8. The predicted molar refractivity (Wildman–Crippen MR) is 65.9 cm³/mol. The van der Waals surface area contributed by atoms with Crippen molar-refractivity contribution in [1.82, 2.24) is 14.7 Å². The molecule has 0 bridgehead atoms. The quantitative estimate of drug-likeness (QED) is 0.782. The molecule has 1 rings (SSSR count). The van der Waals surface area contributed by atoms with Crippen LogP contribution in [-0.2, 0) is 10.0 Å². The summed E-state index contributed by atoms with van der Waals surface area (Å²) in [4.78, 5) is 6.28. The van der Waals surface area contributed by atoms with Crippen molar-refractivity contribution in [3.63, 3.8) is 0 Å². The van der Waals surface area contributed by atoms with Crippen LogP contribution in [0.4, 0.5) is 0 Å². The lowest BCUT2D eigenvalue weighted by molar-refractivity contribution is 0.487. The third-order valence-electron chi connectivity index (χ3n) is 2.03. The van der Waals surface area contributed by atoms with Crippen molar-refractivity contribution < 1.29 is 8.42 Å². The molecule has 7 heteroatoms. The Labute approximate surface area is 104 Å². The van der Waals surface area contributed by atoms with Crippen molar-refractivity contribution in [2.24, 2.45) is 5.92 Å². The summed E-state index contributed by atoms with van der Waals surface area (Å²) in [5, 5.41) is 0.695. The Balaban J connectivity index is 2.71. The SMILES string of the molecule is CC(C)CC(CBr)NS(=O)(=O)c1cnc[nH]1. The molecule has 16 heavy (non-hydrogen) atoms. The number of halogens is 1. The van der Waals surface area contributed by atoms with Crippen LogP contribution in [0.15, 0.2) is 17.6 Å². The summed E-state index contributed by atoms with van der Waals surface area (Å²) in [6, 6.07) is -0.103. The van der Waals surface area contributed by atoms with Crippen LogP contribution in [0.5, 0.6) is 0 Å². The van der Waals surface area contributed by atoms with Gasteiger partial charge in [0.05, 0.1) is 12.5 Å². The van der Waals surface area contributed by atoms with Gasteiger partial charge >= 0.3 is 0 Å². The van der Waals surface area contributed by atoms with Crippen LogP contribution in [0.1, 0.15) is 20.3 Å². The first-order valence-corrected chi connectivity index (χ1v) is 7.63. The topological polar surface area (TPSA) is 74.8 Å². The van der Waals surface area contributed by atoms with E-state index in [0.29, 0.717) is 11.2 Å². The lowest BCUT2D eigenvalue weighted by Gasteiger charge is -2.17. The van der Waals surface area contributed by atoms with Crippen LogP contribution in [0.2, 0.25) is 0 Å². The minimum Gasteiger partial charge on any atom is -0.335 e. The molecule has 2 N–H and O–H groups in total. The van der Waals surface area contributed by atoms with E-state index in [9.17, 15) is 8.42 Å². The highest BCUT2D eigenvalue weighted by atomic mass is 79.9. The number of sulfonamides is 1. The van der Waals surface area contributed by atoms with Gasteiger partial charge in [-0.25, -0.2) is 18.1 Å². The summed E-state index contributed by atoms with van der Waals surface area (Å²) in [7, 11) is -3.47. The van der Waals surface area contributed by atoms with E-state index in [4.69, 9.17) is 0 Å². The van der Waals surface area contributed by atoms with Crippen molar-refractivity contribution >= 4 is 26.0 Å². The molecule has 0 aliphatic rings. The summed E-state index contributed by atoms with van der Waals surface area (Å²) >= 11 is 3.31. The molecule has 0 aliphatic carbocycles. The van der Waals surface area contributed by atoms with E-state index in [1.54, 1.807) is 0 Å². The normalized spacial score (nSPS) is 14.2. The maximum Gasteiger partial charge on any atom is 0.257 e. The highest BCUT2D eigenvalue weighted by Crippen LogP contribution is 2.11. The van der Waals surface area contributed by atoms with Crippen LogP contribution < -0.4 is 4.72 Å². The van der Waals surface area contributed by atoms with E-state index in [1.807, 2.05) is 0 Å². The molecule has 1 atom stereocenters. The largest absolute Gasteiger partial charge is 0.335 e. The van der Waals surface area contributed by atoms with Gasteiger partial charge in [0.2, 0.25) is 0 Å². The zero-order valence-corrected chi connectivity index (χ0v) is 11.7. The fraction of sp³-hybridized carbons (Fsp3) is 0.667. The van der Waals surface area contributed by atoms with Gasteiger partial charge < -0.3 is 4.98 Å². The zero-order valence-electron chi connectivity index (χ0n) is 9.27. The number of nitrogens with zero attached hydrogens (tertiary/aromatic N) is 1. The van der Waals surface area contributed by atoms with Crippen molar-refractivity contribution in [2.45, 2.75) is 31.3 Å². The van der Waals surface area contributed by atoms with E-state index < -0.39 is 10.0 Å². The number of aromatic nitrogens is 2. The number of rotatable bonds is 6. The number of H-pyrrole nitrogens is 1. The first-order valence-electron chi connectivity index (χ1n) is 5.02. The van der Waals surface area contributed by atoms with E-state index >= 15 is 0 Å². The van der Waals surface area contributed by atoms with Crippen LogP contribution in [0.3, 0.4) is 0 Å². The van der Waals surface area contributed by atoms with Gasteiger partial charge in [-0.05, 0) is 12.3 Å². The third kappa shape index (κ3) is 3.88. The standard InChI is InChI=1S/C9H16BrN3O2S/c1-7(2)3-8(4-10)13-16(14,15)9-5-11-6-12-9/h5-8,13H,3-4H2,1-2H3,(H,11,12). The van der Waals surface area contributed by atoms with Gasteiger partial charge in [0.15, 0.2) is 5.03 Å². The van der Waals surface area contributed by atoms with Gasteiger partial charge in [-0.3, -0.25) is 0 Å². The second-order valence-electron chi connectivity index (χ2n) is 4.02. The monoisotopic (exact) mass is 309 g/mol. The summed E-state index contributed by atoms with van der Waals surface area (Å²) in [6.07, 6.45) is 3.43. The summed E-state index contributed by atoms with van der Waals surface area (Å²) in [5.41, 5.74) is 0. The van der Waals surface area contributed by atoms with Gasteiger partial charge in [0, 0.05) is 11.4 Å². The number of alkyl halides is 1. The van der Waals surface area contributed by atoms with Gasteiger partial charge in [-0.15, -0.1) is 0 Å². The molecule has 0 saturated heterocycles. The minimum atomic E-state index is -3.47. The molecule has 92 valence electrons. The maximum absolute atomic E-state index is 11.8. The van der Waals surface area contributed by atoms with E-state index in [-0.39, 0.29) is 11.1 Å². The fourth-order valence-corrected chi connectivity index (χ4v) is 3.18. The smallest absolute Gasteiger partial charge is 0.257 e. The van der Waals surface area contributed by atoms with Crippen LogP contribution in [0.25, 0.3) is 0 Å². The Hall–Kier alpha value is -0.400. The van der Waals surface area contributed by atoms with Crippen molar-refractivity contribution in [3.05, 3.63) is 12.5 Å². The lowest BCUT2D eigenvalue weighted by atomic mass is 10.1. The molecule has 1 heterocycles. The van der Waals surface area contributed by atoms with E-state index in [1.165, 1.54) is 12.5 Å². The van der Waals surface area contributed by atoms with Gasteiger partial charge in [0.1, 0.15) is 0 Å². The number of nitrogens with one attached hydrogen (secondary N) is 2. The Kier molecular flexibility index (Phi) is 4.94. The average Bonchev–Trinajstić information content (AvgIpc) is 2.68. The Morgan fingerprint density at radius 2 is 2.25 bits per heavy atom. The molecule has 0 spiro atoms. The van der Waals surface area contributed by atoms with Gasteiger partial charge in [0.25, 0.3) is 10.0 Å². The summed E-state index contributed by atoms with van der Waals surface area (Å²) < 4.78 is 26.3. The first-order chi connectivity index (χ1) is 7.45. The molecule has 5 nitrogen and oxygen atoms in total. The molecule has 1 unspecified atom stereocenters. The van der Waals surface area contributed by atoms with E-state index in [0.717, 1.165) is 6.42 Å². The molecule has 1 aromatic heterocycles. The molecule has 0 saturated carbocycles. The fourth-order valence-electron chi connectivity index (χ4n) is 1.38. The molecule has 0 fully saturated rings. The zero-order chi connectivity index (χ0) is 12.2. The molecule has 0 amide bonds. The predicted octanol–water partition coefficient (Wildman–Crippen LogP) is 1.50. The van der Waals surface area contributed by atoms with Crippen molar-refractivity contribution in [3.8, 4) is 0 Å². The molecule has 0 aromatic carbocycles. The van der Waals surface area contributed by atoms with Crippen LogP contribution in [-0.4, -0.2) is 29.8 Å². The van der Waals surface area contributed by atoms with Gasteiger partial charge in [-0.2, -0.15) is 0 Å². The third-order valence-corrected chi connectivity index (χ3v) is 4.25. The molecular formula is C9H16BrN3O2S. The van der Waals surface area contributed by atoms with Crippen molar-refractivity contribution in [2.75, 3.05) is 5.33 Å². The number of imidazole rings is 1. The number of hydrogen-bond donors (Lipinski definition) is 2. The highest BCUT2D eigenvalue weighted by molar-refractivity contribution is 9.09. The van der Waals surface area contributed by atoms with Crippen LogP contribution >= 0.6 is 15.9 Å². The average molecular weight is 310 g/mol. The Morgan fingerprint density at radius 1 is 1.56 bits per heavy atom. The van der Waals surface area contributed by atoms with E-state index in [2.05, 4.69) is 44.5 Å². The lowest BCUT2D eigenvalue weighted by Crippen LogP contribution is -2.37. The molecule has 1 aromatic rings.